The number of hydrogen-bond acceptors (Lipinski definition) is 3. The zero-order valence-electron chi connectivity index (χ0n) is 11.4. The molecule has 0 aliphatic carbocycles. The van der Waals surface area contributed by atoms with Crippen molar-refractivity contribution >= 4 is 5.95 Å². The molecular formula is C16H18FN3. The molecule has 2 heterocycles. The van der Waals surface area contributed by atoms with Crippen LogP contribution in [0.3, 0.4) is 0 Å². The maximum atomic E-state index is 12.8. The van der Waals surface area contributed by atoms with Crippen LogP contribution in [0.5, 0.6) is 0 Å². The molecule has 0 bridgehead atoms. The number of hydrogen-bond donors (Lipinski definition) is 0. The van der Waals surface area contributed by atoms with Gasteiger partial charge in [-0.15, -0.1) is 0 Å². The monoisotopic (exact) mass is 271 g/mol. The van der Waals surface area contributed by atoms with Crippen LogP contribution in [0, 0.1) is 11.7 Å². The molecule has 2 aromatic rings. The summed E-state index contributed by atoms with van der Waals surface area (Å²) in [5, 5.41) is 0. The van der Waals surface area contributed by atoms with Gasteiger partial charge < -0.3 is 4.90 Å². The lowest BCUT2D eigenvalue weighted by Gasteiger charge is -2.32. The molecule has 20 heavy (non-hydrogen) atoms. The van der Waals surface area contributed by atoms with Gasteiger partial charge in [0.25, 0.3) is 0 Å². The first-order valence-corrected chi connectivity index (χ1v) is 7.07. The second-order valence-electron chi connectivity index (χ2n) is 5.32. The average molecular weight is 271 g/mol. The first-order chi connectivity index (χ1) is 9.81. The third-order valence-corrected chi connectivity index (χ3v) is 3.87. The molecule has 3 rings (SSSR count). The molecule has 0 radical (unpaired) electrons. The molecular weight excluding hydrogens is 253 g/mol. The summed E-state index contributed by atoms with van der Waals surface area (Å²) >= 11 is 0. The van der Waals surface area contributed by atoms with Gasteiger partial charge in [0.15, 0.2) is 5.82 Å². The summed E-state index contributed by atoms with van der Waals surface area (Å²) in [4.78, 5) is 10.2. The summed E-state index contributed by atoms with van der Waals surface area (Å²) in [6, 6.07) is 10.6. The van der Waals surface area contributed by atoms with Crippen LogP contribution in [-0.4, -0.2) is 23.1 Å². The highest BCUT2D eigenvalue weighted by atomic mass is 19.1. The van der Waals surface area contributed by atoms with E-state index in [-0.39, 0.29) is 5.82 Å². The maximum Gasteiger partial charge on any atom is 0.225 e. The van der Waals surface area contributed by atoms with Gasteiger partial charge in [0, 0.05) is 13.1 Å². The first kappa shape index (κ1) is 13.0. The van der Waals surface area contributed by atoms with Crippen molar-refractivity contribution in [3.05, 3.63) is 54.1 Å². The molecule has 0 unspecified atom stereocenters. The Morgan fingerprint density at radius 2 is 1.70 bits per heavy atom. The first-order valence-electron chi connectivity index (χ1n) is 7.07. The number of anilines is 1. The Balaban J connectivity index is 1.55. The van der Waals surface area contributed by atoms with Crippen LogP contribution in [0.25, 0.3) is 0 Å². The van der Waals surface area contributed by atoms with Gasteiger partial charge in [-0.25, -0.2) is 14.4 Å². The fraction of sp³-hybridized carbons (Fsp3) is 0.375. The molecule has 1 fully saturated rings. The largest absolute Gasteiger partial charge is 0.341 e. The molecule has 0 N–H and O–H groups in total. The van der Waals surface area contributed by atoms with Crippen LogP contribution in [0.4, 0.5) is 10.3 Å². The molecule has 1 aliphatic heterocycles. The third-order valence-electron chi connectivity index (χ3n) is 3.87. The van der Waals surface area contributed by atoms with Crippen LogP contribution >= 0.6 is 0 Å². The second-order valence-corrected chi connectivity index (χ2v) is 5.32. The van der Waals surface area contributed by atoms with Crippen LogP contribution in [-0.2, 0) is 6.42 Å². The molecule has 1 aromatic heterocycles. The Kier molecular flexibility index (Phi) is 3.90. The highest BCUT2D eigenvalue weighted by Gasteiger charge is 2.21. The van der Waals surface area contributed by atoms with Gasteiger partial charge in [-0.3, -0.25) is 0 Å². The van der Waals surface area contributed by atoms with E-state index in [4.69, 9.17) is 0 Å². The molecule has 1 aromatic carbocycles. The number of benzene rings is 1. The van der Waals surface area contributed by atoms with Crippen molar-refractivity contribution in [1.82, 2.24) is 9.97 Å². The van der Waals surface area contributed by atoms with Crippen LogP contribution in [0.15, 0.2) is 42.7 Å². The molecule has 0 amide bonds. The SMILES string of the molecule is Fc1cnc(N2CCC(Cc3ccccc3)CC2)nc1. The molecule has 0 atom stereocenters. The lowest BCUT2D eigenvalue weighted by atomic mass is 9.90. The standard InChI is InChI=1S/C16H18FN3/c17-15-11-18-16(19-12-15)20-8-6-14(7-9-20)10-13-4-2-1-3-5-13/h1-5,11-12,14H,6-10H2. The van der Waals surface area contributed by atoms with Gasteiger partial charge in [0.2, 0.25) is 5.95 Å². The summed E-state index contributed by atoms with van der Waals surface area (Å²) in [6.45, 7) is 1.90. The minimum absolute atomic E-state index is 0.382. The Labute approximate surface area is 118 Å². The van der Waals surface area contributed by atoms with E-state index in [1.807, 2.05) is 0 Å². The smallest absolute Gasteiger partial charge is 0.225 e. The summed E-state index contributed by atoms with van der Waals surface area (Å²) in [6.07, 6.45) is 5.88. The van der Waals surface area contributed by atoms with Crippen LogP contribution in [0.1, 0.15) is 18.4 Å². The molecule has 104 valence electrons. The number of rotatable bonds is 3. The van der Waals surface area contributed by atoms with Crippen molar-refractivity contribution in [1.29, 1.82) is 0 Å². The normalized spacial score (nSPS) is 16.4. The van der Waals surface area contributed by atoms with E-state index in [9.17, 15) is 4.39 Å². The van der Waals surface area contributed by atoms with Gasteiger partial charge in [-0.2, -0.15) is 0 Å². The van der Waals surface area contributed by atoms with Crippen molar-refractivity contribution in [3.8, 4) is 0 Å². The quantitative estimate of drug-likeness (QED) is 0.859. The molecule has 4 heteroatoms. The van der Waals surface area contributed by atoms with Crippen molar-refractivity contribution in [2.45, 2.75) is 19.3 Å². The minimum atomic E-state index is -0.382. The fourth-order valence-electron chi connectivity index (χ4n) is 2.75. The van der Waals surface area contributed by atoms with E-state index < -0.39 is 0 Å². The Morgan fingerprint density at radius 3 is 2.35 bits per heavy atom. The van der Waals surface area contributed by atoms with E-state index in [0.717, 1.165) is 32.4 Å². The topological polar surface area (TPSA) is 29.0 Å². The van der Waals surface area contributed by atoms with Crippen molar-refractivity contribution in [3.63, 3.8) is 0 Å². The van der Waals surface area contributed by atoms with Crippen molar-refractivity contribution in [2.75, 3.05) is 18.0 Å². The fourth-order valence-corrected chi connectivity index (χ4v) is 2.75. The third kappa shape index (κ3) is 3.13. The zero-order chi connectivity index (χ0) is 13.8. The predicted octanol–water partition coefficient (Wildman–Crippen LogP) is 3.07. The van der Waals surface area contributed by atoms with E-state index >= 15 is 0 Å². The summed E-state index contributed by atoms with van der Waals surface area (Å²) in [5.74, 6) is 0.978. The van der Waals surface area contributed by atoms with Gasteiger partial charge in [0.05, 0.1) is 12.4 Å². The van der Waals surface area contributed by atoms with Crippen LogP contribution < -0.4 is 4.90 Å². The van der Waals surface area contributed by atoms with E-state index in [1.54, 1.807) is 0 Å². The predicted molar refractivity (Wildman–Crippen MR) is 77.1 cm³/mol. The lowest BCUT2D eigenvalue weighted by Crippen LogP contribution is -2.35. The van der Waals surface area contributed by atoms with Crippen molar-refractivity contribution < 1.29 is 4.39 Å². The Hall–Kier alpha value is -1.97. The summed E-state index contributed by atoms with van der Waals surface area (Å²) in [5.41, 5.74) is 1.41. The summed E-state index contributed by atoms with van der Waals surface area (Å²) in [7, 11) is 0. The molecule has 3 nitrogen and oxygen atoms in total. The summed E-state index contributed by atoms with van der Waals surface area (Å²) < 4.78 is 12.8. The van der Waals surface area contributed by atoms with Gasteiger partial charge in [0.1, 0.15) is 0 Å². The van der Waals surface area contributed by atoms with Gasteiger partial charge in [-0.1, -0.05) is 30.3 Å². The minimum Gasteiger partial charge on any atom is -0.341 e. The van der Waals surface area contributed by atoms with Crippen LogP contribution in [0.2, 0.25) is 0 Å². The van der Waals surface area contributed by atoms with E-state index in [2.05, 4.69) is 45.2 Å². The highest BCUT2D eigenvalue weighted by molar-refractivity contribution is 5.29. The number of nitrogens with zero attached hydrogens (tertiary/aromatic N) is 3. The molecule has 0 spiro atoms. The zero-order valence-corrected chi connectivity index (χ0v) is 11.4. The van der Waals surface area contributed by atoms with E-state index in [0.29, 0.717) is 11.9 Å². The maximum absolute atomic E-state index is 12.8. The van der Waals surface area contributed by atoms with Gasteiger partial charge >= 0.3 is 0 Å². The molecule has 0 saturated carbocycles. The Morgan fingerprint density at radius 1 is 1.05 bits per heavy atom. The number of aromatic nitrogens is 2. The number of halogens is 1. The number of piperidine rings is 1. The molecule has 1 aliphatic rings. The molecule has 1 saturated heterocycles. The average Bonchev–Trinajstić information content (AvgIpc) is 2.50. The van der Waals surface area contributed by atoms with Gasteiger partial charge in [-0.05, 0) is 30.7 Å². The highest BCUT2D eigenvalue weighted by Crippen LogP contribution is 2.23. The van der Waals surface area contributed by atoms with Crippen molar-refractivity contribution in [2.24, 2.45) is 5.92 Å². The Bertz CT molecular complexity index is 533. The van der Waals surface area contributed by atoms with E-state index in [1.165, 1.54) is 18.0 Å². The lowest BCUT2D eigenvalue weighted by molar-refractivity contribution is 0.400. The second kappa shape index (κ2) is 5.99.